The molecule has 0 saturated heterocycles. The van der Waals surface area contributed by atoms with Crippen LogP contribution in [0.4, 0.5) is 0 Å². The van der Waals surface area contributed by atoms with E-state index >= 15 is 0 Å². The monoisotopic (exact) mass is 275 g/mol. The topological polar surface area (TPSA) is 57.7 Å². The molecule has 0 radical (unpaired) electrons. The van der Waals surface area contributed by atoms with Crippen molar-refractivity contribution >= 4 is 11.0 Å². The van der Waals surface area contributed by atoms with E-state index in [4.69, 9.17) is 4.42 Å². The molecule has 2 rings (SSSR count). The van der Waals surface area contributed by atoms with Gasteiger partial charge in [-0.1, -0.05) is 25.0 Å². The maximum atomic E-state index is 11.8. The molecule has 0 spiro atoms. The van der Waals surface area contributed by atoms with Gasteiger partial charge in [0, 0.05) is 17.0 Å². The Bertz CT molecular complexity index is 661. The summed E-state index contributed by atoms with van der Waals surface area (Å²) >= 11 is 0. The zero-order valence-corrected chi connectivity index (χ0v) is 12.3. The first kappa shape index (κ1) is 14.6. The van der Waals surface area contributed by atoms with Crippen LogP contribution in [0, 0.1) is 6.92 Å². The number of fused-ring (bicyclic) bond motifs is 1. The minimum atomic E-state index is -0.353. The van der Waals surface area contributed by atoms with Gasteiger partial charge >= 0.3 is 5.63 Å². The number of rotatable bonds is 5. The molecule has 20 heavy (non-hydrogen) atoms. The number of hydrogen-bond acceptors (Lipinski definition) is 3. The van der Waals surface area contributed by atoms with E-state index < -0.39 is 0 Å². The van der Waals surface area contributed by atoms with E-state index in [0.717, 1.165) is 36.9 Å². The van der Waals surface area contributed by atoms with Crippen LogP contribution in [0.15, 0.2) is 27.4 Å². The smallest absolute Gasteiger partial charge is 0.336 e. The van der Waals surface area contributed by atoms with Crippen molar-refractivity contribution in [3.05, 3.63) is 39.7 Å². The van der Waals surface area contributed by atoms with Crippen LogP contribution in [0.3, 0.4) is 0 Å². The molecule has 2 aromatic rings. The average Bonchev–Trinajstić information content (AvgIpc) is 2.38. The van der Waals surface area contributed by atoms with Crippen LogP contribution in [-0.2, 0) is 6.54 Å². The van der Waals surface area contributed by atoms with Crippen molar-refractivity contribution < 1.29 is 14.4 Å². The lowest BCUT2D eigenvalue weighted by Crippen LogP contribution is -3.07. The van der Waals surface area contributed by atoms with E-state index in [1.54, 1.807) is 19.1 Å². The second-order valence-corrected chi connectivity index (χ2v) is 5.44. The van der Waals surface area contributed by atoms with Crippen molar-refractivity contribution in [3.8, 4) is 5.75 Å². The molecular weight excluding hydrogens is 254 g/mol. The number of quaternary nitrogens is 1. The molecule has 1 aromatic carbocycles. The maximum absolute atomic E-state index is 11.8. The second kappa shape index (κ2) is 6.09. The molecule has 1 heterocycles. The lowest BCUT2D eigenvalue weighted by Gasteiger charge is -2.16. The van der Waals surface area contributed by atoms with Gasteiger partial charge in [-0.25, -0.2) is 4.79 Å². The van der Waals surface area contributed by atoms with Gasteiger partial charge in [0.25, 0.3) is 0 Å². The van der Waals surface area contributed by atoms with Gasteiger partial charge in [-0.2, -0.15) is 0 Å². The Hall–Kier alpha value is -1.81. The third-order valence-corrected chi connectivity index (χ3v) is 3.58. The molecule has 1 aromatic heterocycles. The first-order valence-electron chi connectivity index (χ1n) is 7.07. The highest BCUT2D eigenvalue weighted by Crippen LogP contribution is 2.23. The number of nitrogens with one attached hydrogen (secondary N) is 1. The van der Waals surface area contributed by atoms with Crippen molar-refractivity contribution in [1.82, 2.24) is 0 Å². The van der Waals surface area contributed by atoms with Gasteiger partial charge in [-0.05, 0) is 19.4 Å². The maximum Gasteiger partial charge on any atom is 0.336 e. The summed E-state index contributed by atoms with van der Waals surface area (Å²) in [5.41, 5.74) is 1.65. The fourth-order valence-corrected chi connectivity index (χ4v) is 2.39. The van der Waals surface area contributed by atoms with Gasteiger partial charge in [-0.3, -0.25) is 0 Å². The van der Waals surface area contributed by atoms with E-state index in [1.165, 1.54) is 11.0 Å². The van der Waals surface area contributed by atoms with E-state index in [0.29, 0.717) is 11.1 Å². The summed E-state index contributed by atoms with van der Waals surface area (Å²) in [4.78, 5) is 13.0. The third kappa shape index (κ3) is 3.20. The zero-order chi connectivity index (χ0) is 14.7. The van der Waals surface area contributed by atoms with Crippen molar-refractivity contribution in [2.24, 2.45) is 0 Å². The predicted molar refractivity (Wildman–Crippen MR) is 77.0 cm³/mol. The quantitative estimate of drug-likeness (QED) is 0.828. The Kier molecular flexibility index (Phi) is 4.45. The molecule has 4 heteroatoms. The average molecular weight is 275 g/mol. The van der Waals surface area contributed by atoms with E-state index in [-0.39, 0.29) is 11.4 Å². The highest BCUT2D eigenvalue weighted by molar-refractivity contribution is 5.82. The van der Waals surface area contributed by atoms with E-state index in [1.807, 2.05) is 0 Å². The molecule has 4 nitrogen and oxygen atoms in total. The molecule has 1 N–H and O–H groups in total. The predicted octanol–water partition coefficient (Wildman–Crippen LogP) is 0.990. The van der Waals surface area contributed by atoms with Crippen molar-refractivity contribution in [2.45, 2.75) is 33.2 Å². The number of hydrogen-bond donors (Lipinski definition) is 1. The van der Waals surface area contributed by atoms with Crippen molar-refractivity contribution in [3.63, 3.8) is 0 Å². The summed E-state index contributed by atoms with van der Waals surface area (Å²) in [5, 5.41) is 12.6. The van der Waals surface area contributed by atoms with Crippen molar-refractivity contribution in [2.75, 3.05) is 13.6 Å². The van der Waals surface area contributed by atoms with Crippen LogP contribution in [0.2, 0.25) is 0 Å². The molecule has 0 bridgehead atoms. The molecule has 1 atom stereocenters. The standard InChI is InChI=1S/C16H21NO3/c1-4-5-6-17(3)10-12-8-16(19)20-15-7-11(2)14(18)9-13(12)15/h7-9,18H,4-6,10H2,1-3H3. The Morgan fingerprint density at radius 3 is 2.75 bits per heavy atom. The Labute approximate surface area is 118 Å². The molecular formula is C16H21NO3. The summed E-state index contributed by atoms with van der Waals surface area (Å²) in [6.45, 7) is 5.66. The van der Waals surface area contributed by atoms with Crippen molar-refractivity contribution in [1.29, 1.82) is 0 Å². The van der Waals surface area contributed by atoms with E-state index in [9.17, 15) is 9.90 Å². The van der Waals surface area contributed by atoms with Crippen LogP contribution in [-0.4, -0.2) is 13.6 Å². The van der Waals surface area contributed by atoms with Gasteiger partial charge in [0.1, 0.15) is 12.1 Å². The Balaban J connectivity index is 2.41. The summed E-state index contributed by atoms with van der Waals surface area (Å²) < 4.78 is 5.20. The minimum absolute atomic E-state index is 0.0150. The van der Waals surface area contributed by atoms with Gasteiger partial charge in [-0.15, -0.1) is 5.75 Å². The fourth-order valence-electron chi connectivity index (χ4n) is 2.39. The highest BCUT2D eigenvalue weighted by Gasteiger charge is 2.10. The largest absolute Gasteiger partial charge is 0.872 e. The van der Waals surface area contributed by atoms with Gasteiger partial charge in [0.15, 0.2) is 0 Å². The lowest BCUT2D eigenvalue weighted by atomic mass is 10.1. The first-order chi connectivity index (χ1) is 9.51. The molecule has 0 saturated carbocycles. The second-order valence-electron chi connectivity index (χ2n) is 5.44. The highest BCUT2D eigenvalue weighted by atomic mass is 16.4. The number of aryl methyl sites for hydroxylation is 1. The lowest BCUT2D eigenvalue weighted by molar-refractivity contribution is -0.893. The summed E-state index contributed by atoms with van der Waals surface area (Å²) in [6.07, 6.45) is 2.30. The molecule has 0 aliphatic carbocycles. The van der Waals surface area contributed by atoms with Crippen LogP contribution < -0.4 is 15.6 Å². The molecule has 0 amide bonds. The molecule has 1 unspecified atom stereocenters. The van der Waals surface area contributed by atoms with Crippen LogP contribution in [0.25, 0.3) is 11.0 Å². The first-order valence-corrected chi connectivity index (χ1v) is 7.07. The molecule has 0 aliphatic rings. The Morgan fingerprint density at radius 2 is 2.05 bits per heavy atom. The van der Waals surface area contributed by atoms with Gasteiger partial charge < -0.3 is 14.4 Å². The molecule has 108 valence electrons. The molecule has 0 fully saturated rings. The minimum Gasteiger partial charge on any atom is -0.872 e. The summed E-state index contributed by atoms with van der Waals surface area (Å²) in [7, 11) is 2.10. The number of unbranched alkanes of at least 4 members (excludes halogenated alkanes) is 1. The summed E-state index contributed by atoms with van der Waals surface area (Å²) in [6, 6.07) is 4.74. The normalized spacial score (nSPS) is 12.8. The van der Waals surface area contributed by atoms with Gasteiger partial charge in [0.05, 0.1) is 13.6 Å². The fraction of sp³-hybridized carbons (Fsp3) is 0.438. The molecule has 0 aliphatic heterocycles. The SMILES string of the molecule is CCCC[NH+](C)Cc1cc(=O)oc2cc(C)c([O-])cc12. The zero-order valence-electron chi connectivity index (χ0n) is 12.3. The summed E-state index contributed by atoms with van der Waals surface area (Å²) in [5.74, 6) is -0.0150. The third-order valence-electron chi connectivity index (χ3n) is 3.58. The Morgan fingerprint density at radius 1 is 1.30 bits per heavy atom. The van der Waals surface area contributed by atoms with Crippen LogP contribution >= 0.6 is 0 Å². The van der Waals surface area contributed by atoms with E-state index in [2.05, 4.69) is 14.0 Å². The number of benzene rings is 1. The van der Waals surface area contributed by atoms with Crippen LogP contribution in [0.5, 0.6) is 5.75 Å². The van der Waals surface area contributed by atoms with Crippen LogP contribution in [0.1, 0.15) is 30.9 Å². The van der Waals surface area contributed by atoms with Gasteiger partial charge in [0.2, 0.25) is 0 Å².